The second kappa shape index (κ2) is 7.04. The van der Waals surface area contributed by atoms with Gasteiger partial charge in [-0.1, -0.05) is 24.3 Å². The maximum Gasteiger partial charge on any atom is 0.107 e. The maximum absolute atomic E-state index is 5.90. The van der Waals surface area contributed by atoms with Crippen LogP contribution in [0.15, 0.2) is 61.3 Å². The lowest BCUT2D eigenvalue weighted by Crippen LogP contribution is -2.14. The normalized spacial score (nSPS) is 17.1. The highest BCUT2D eigenvalue weighted by Crippen LogP contribution is 2.32. The number of aromatic nitrogens is 3. The lowest BCUT2D eigenvalue weighted by atomic mass is 9.83. The Morgan fingerprint density at radius 1 is 1.19 bits per heavy atom. The van der Waals surface area contributed by atoms with Crippen molar-refractivity contribution >= 4 is 5.70 Å². The van der Waals surface area contributed by atoms with Crippen LogP contribution in [0.5, 0.6) is 0 Å². The molecule has 1 unspecified atom stereocenters. The van der Waals surface area contributed by atoms with Gasteiger partial charge in [0.1, 0.15) is 5.69 Å². The summed E-state index contributed by atoms with van der Waals surface area (Å²) < 4.78 is 2.17. The van der Waals surface area contributed by atoms with Crippen LogP contribution >= 0.6 is 0 Å². The second-order valence-electron chi connectivity index (χ2n) is 6.80. The minimum Gasteiger partial charge on any atom is -0.403 e. The number of imidazole rings is 1. The summed E-state index contributed by atoms with van der Waals surface area (Å²) in [5.74, 6) is 0.539. The molecule has 26 heavy (non-hydrogen) atoms. The van der Waals surface area contributed by atoms with Gasteiger partial charge in [-0.05, 0) is 42.5 Å². The van der Waals surface area contributed by atoms with E-state index >= 15 is 0 Å². The van der Waals surface area contributed by atoms with E-state index in [1.807, 2.05) is 18.5 Å². The predicted octanol–water partition coefficient (Wildman–Crippen LogP) is 3.28. The highest BCUT2D eigenvalue weighted by atomic mass is 15.0. The van der Waals surface area contributed by atoms with Crippen LogP contribution in [0.2, 0.25) is 0 Å². The quantitative estimate of drug-likeness (QED) is 0.760. The summed E-state index contributed by atoms with van der Waals surface area (Å²) in [5.41, 5.74) is 17.4. The lowest BCUT2D eigenvalue weighted by molar-refractivity contribution is 0.483. The van der Waals surface area contributed by atoms with Gasteiger partial charge in [0.25, 0.3) is 0 Å². The van der Waals surface area contributed by atoms with Crippen molar-refractivity contribution in [3.8, 4) is 11.4 Å². The molecule has 0 aliphatic heterocycles. The molecule has 1 aliphatic carbocycles. The summed E-state index contributed by atoms with van der Waals surface area (Å²) in [7, 11) is 0. The van der Waals surface area contributed by atoms with Gasteiger partial charge in [-0.3, -0.25) is 4.98 Å². The molecule has 1 aliphatic rings. The fourth-order valence-corrected chi connectivity index (χ4v) is 3.74. The Balaban J connectivity index is 1.56. The third-order valence-electron chi connectivity index (χ3n) is 5.09. The molecule has 0 bridgehead atoms. The van der Waals surface area contributed by atoms with E-state index in [1.165, 1.54) is 36.6 Å². The van der Waals surface area contributed by atoms with Crippen molar-refractivity contribution in [1.29, 1.82) is 0 Å². The van der Waals surface area contributed by atoms with E-state index in [0.717, 1.165) is 23.5 Å². The van der Waals surface area contributed by atoms with Crippen molar-refractivity contribution in [3.63, 3.8) is 0 Å². The van der Waals surface area contributed by atoms with Gasteiger partial charge in [-0.25, -0.2) is 4.98 Å². The average molecular weight is 345 g/mol. The molecular formula is C21H23N5. The number of aryl methyl sites for hydroxylation is 1. The summed E-state index contributed by atoms with van der Waals surface area (Å²) in [4.78, 5) is 8.97. The second-order valence-corrected chi connectivity index (χ2v) is 6.80. The van der Waals surface area contributed by atoms with Crippen molar-refractivity contribution in [2.24, 2.45) is 11.5 Å². The highest BCUT2D eigenvalue weighted by Gasteiger charge is 2.20. The molecule has 5 heteroatoms. The molecule has 4 rings (SSSR count). The zero-order valence-electron chi connectivity index (χ0n) is 14.7. The van der Waals surface area contributed by atoms with E-state index in [1.54, 1.807) is 6.20 Å². The first kappa shape index (κ1) is 16.4. The van der Waals surface area contributed by atoms with Crippen LogP contribution in [0, 0.1) is 0 Å². The molecule has 1 aromatic carbocycles. The molecule has 0 fully saturated rings. The number of hydrogen-bond donors (Lipinski definition) is 2. The molecule has 0 spiro atoms. The Labute approximate surface area is 153 Å². The summed E-state index contributed by atoms with van der Waals surface area (Å²) in [5, 5.41) is 0. The molecule has 3 aromatic rings. The fraction of sp³-hybridized carbons (Fsp3) is 0.238. The highest BCUT2D eigenvalue weighted by molar-refractivity contribution is 5.66. The number of pyridine rings is 1. The Morgan fingerprint density at radius 2 is 2.08 bits per heavy atom. The van der Waals surface area contributed by atoms with Gasteiger partial charge in [0, 0.05) is 36.6 Å². The molecule has 2 aromatic heterocycles. The zero-order chi connectivity index (χ0) is 17.9. The molecule has 0 radical (unpaired) electrons. The SMILES string of the molecule is N/C=C(\N)c1ccnc(-c2cn(CC3CCCc4ccccc43)cn2)c1. The first-order valence-corrected chi connectivity index (χ1v) is 8.98. The van der Waals surface area contributed by atoms with Crippen molar-refractivity contribution in [2.75, 3.05) is 0 Å². The summed E-state index contributed by atoms with van der Waals surface area (Å²) in [6, 6.07) is 12.6. The summed E-state index contributed by atoms with van der Waals surface area (Å²) in [6.07, 6.45) is 10.7. The van der Waals surface area contributed by atoms with E-state index < -0.39 is 0 Å². The number of benzene rings is 1. The number of nitrogens with two attached hydrogens (primary N) is 2. The van der Waals surface area contributed by atoms with Gasteiger partial charge in [-0.2, -0.15) is 0 Å². The summed E-state index contributed by atoms with van der Waals surface area (Å²) in [6.45, 7) is 0.939. The van der Waals surface area contributed by atoms with E-state index in [2.05, 4.69) is 45.0 Å². The van der Waals surface area contributed by atoms with E-state index in [4.69, 9.17) is 11.5 Å². The number of nitrogens with zero attached hydrogens (tertiary/aromatic N) is 3. The third-order valence-corrected chi connectivity index (χ3v) is 5.09. The molecule has 1 atom stereocenters. The van der Waals surface area contributed by atoms with Crippen molar-refractivity contribution in [2.45, 2.75) is 31.7 Å². The average Bonchev–Trinajstić information content (AvgIpc) is 3.16. The smallest absolute Gasteiger partial charge is 0.107 e. The molecule has 2 heterocycles. The number of rotatable bonds is 4. The largest absolute Gasteiger partial charge is 0.403 e. The first-order chi connectivity index (χ1) is 12.7. The summed E-state index contributed by atoms with van der Waals surface area (Å²) >= 11 is 0. The van der Waals surface area contributed by atoms with Crippen molar-refractivity contribution in [3.05, 3.63) is 78.0 Å². The van der Waals surface area contributed by atoms with Gasteiger partial charge in [0.05, 0.1) is 17.7 Å². The molecule has 0 saturated carbocycles. The molecule has 4 N–H and O–H groups in total. The van der Waals surface area contributed by atoms with E-state index in [9.17, 15) is 0 Å². The van der Waals surface area contributed by atoms with Crippen molar-refractivity contribution in [1.82, 2.24) is 14.5 Å². The topological polar surface area (TPSA) is 82.8 Å². The van der Waals surface area contributed by atoms with Gasteiger partial charge in [0.15, 0.2) is 0 Å². The maximum atomic E-state index is 5.90. The molecule has 0 saturated heterocycles. The molecule has 132 valence electrons. The van der Waals surface area contributed by atoms with Crippen LogP contribution < -0.4 is 11.5 Å². The zero-order valence-corrected chi connectivity index (χ0v) is 14.7. The Kier molecular flexibility index (Phi) is 4.44. The number of hydrogen-bond acceptors (Lipinski definition) is 4. The van der Waals surface area contributed by atoms with Crippen LogP contribution in [0.1, 0.15) is 35.4 Å². The fourth-order valence-electron chi connectivity index (χ4n) is 3.74. The van der Waals surface area contributed by atoms with Crippen LogP contribution in [0.25, 0.3) is 17.1 Å². The van der Waals surface area contributed by atoms with Crippen LogP contribution in [0.4, 0.5) is 0 Å². The Morgan fingerprint density at radius 3 is 2.96 bits per heavy atom. The van der Waals surface area contributed by atoms with Crippen LogP contribution in [-0.4, -0.2) is 14.5 Å². The van der Waals surface area contributed by atoms with Gasteiger partial charge < -0.3 is 16.0 Å². The standard InChI is InChI=1S/C21H23N5/c22-11-19(23)16-8-9-24-20(10-16)21-13-26(14-25-21)12-17-6-3-5-15-4-1-2-7-18(15)17/h1-2,4,7-11,13-14,17H,3,5-6,12,22-23H2/b19-11-. The Hall–Kier alpha value is -3.08. The predicted molar refractivity (Wildman–Crippen MR) is 104 cm³/mol. The molecule has 0 amide bonds. The van der Waals surface area contributed by atoms with Crippen LogP contribution in [-0.2, 0) is 13.0 Å². The van der Waals surface area contributed by atoms with Gasteiger partial charge in [0.2, 0.25) is 0 Å². The monoisotopic (exact) mass is 345 g/mol. The number of fused-ring (bicyclic) bond motifs is 1. The molecular weight excluding hydrogens is 322 g/mol. The van der Waals surface area contributed by atoms with Gasteiger partial charge in [-0.15, -0.1) is 0 Å². The van der Waals surface area contributed by atoms with Gasteiger partial charge >= 0.3 is 0 Å². The Bertz CT molecular complexity index is 941. The third kappa shape index (κ3) is 3.20. The molecule has 5 nitrogen and oxygen atoms in total. The minimum atomic E-state index is 0.534. The van der Waals surface area contributed by atoms with E-state index in [-0.39, 0.29) is 0 Å². The first-order valence-electron chi connectivity index (χ1n) is 8.98. The van der Waals surface area contributed by atoms with E-state index in [0.29, 0.717) is 11.6 Å². The minimum absolute atomic E-state index is 0.534. The lowest BCUT2D eigenvalue weighted by Gasteiger charge is -2.25. The van der Waals surface area contributed by atoms with Crippen LogP contribution in [0.3, 0.4) is 0 Å². The van der Waals surface area contributed by atoms with Crippen molar-refractivity contribution < 1.29 is 0 Å².